The maximum absolute atomic E-state index is 4.43. The van der Waals surface area contributed by atoms with Gasteiger partial charge >= 0.3 is 0 Å². The molecule has 1 aromatic rings. The minimum Gasteiger partial charge on any atom is -0.316 e. The number of hydrogen-bond acceptors (Lipinski definition) is 2. The second kappa shape index (κ2) is 3.97. The lowest BCUT2D eigenvalue weighted by Crippen LogP contribution is -2.11. The van der Waals surface area contributed by atoms with Crippen LogP contribution in [0.3, 0.4) is 0 Å². The first kappa shape index (κ1) is 9.40. The highest BCUT2D eigenvalue weighted by Crippen LogP contribution is 2.35. The average Bonchev–Trinajstić information content (AvgIpc) is 2.75. The van der Waals surface area contributed by atoms with Crippen molar-refractivity contribution in [2.75, 3.05) is 13.1 Å². The van der Waals surface area contributed by atoms with Gasteiger partial charge in [-0.1, -0.05) is 6.42 Å². The molecule has 3 nitrogen and oxygen atoms in total. The highest BCUT2D eigenvalue weighted by molar-refractivity contribution is 5.15. The molecule has 2 fully saturated rings. The van der Waals surface area contributed by atoms with Gasteiger partial charge in [-0.25, -0.2) is 0 Å². The summed E-state index contributed by atoms with van der Waals surface area (Å²) in [5.41, 5.74) is 2.65. The van der Waals surface area contributed by atoms with Crippen molar-refractivity contribution >= 4 is 0 Å². The number of nitrogens with one attached hydrogen (secondary N) is 2. The van der Waals surface area contributed by atoms with Gasteiger partial charge in [0.25, 0.3) is 0 Å². The third-order valence-corrected chi connectivity index (χ3v) is 3.85. The van der Waals surface area contributed by atoms with Crippen LogP contribution in [0.15, 0.2) is 6.07 Å². The molecule has 82 valence electrons. The van der Waals surface area contributed by atoms with Crippen LogP contribution in [0.25, 0.3) is 0 Å². The molecular weight excluding hydrogens is 186 g/mol. The van der Waals surface area contributed by atoms with Crippen LogP contribution in [-0.2, 0) is 6.42 Å². The third-order valence-electron chi connectivity index (χ3n) is 3.85. The number of H-pyrrole nitrogens is 1. The van der Waals surface area contributed by atoms with E-state index in [0.29, 0.717) is 0 Å². The quantitative estimate of drug-likeness (QED) is 0.790. The van der Waals surface area contributed by atoms with Crippen LogP contribution in [0.2, 0.25) is 0 Å². The van der Waals surface area contributed by atoms with E-state index in [4.69, 9.17) is 0 Å². The summed E-state index contributed by atoms with van der Waals surface area (Å²) in [6.45, 7) is 2.37. The van der Waals surface area contributed by atoms with Crippen molar-refractivity contribution in [3.05, 3.63) is 17.5 Å². The Kier molecular flexibility index (Phi) is 2.49. The van der Waals surface area contributed by atoms with Gasteiger partial charge in [0.05, 0.1) is 5.69 Å². The molecule has 0 amide bonds. The zero-order valence-corrected chi connectivity index (χ0v) is 9.13. The topological polar surface area (TPSA) is 40.7 Å². The van der Waals surface area contributed by atoms with Crippen LogP contribution >= 0.6 is 0 Å². The Hall–Kier alpha value is -0.830. The van der Waals surface area contributed by atoms with Crippen molar-refractivity contribution in [3.8, 4) is 0 Å². The number of rotatable bonds is 3. The first-order chi connectivity index (χ1) is 7.42. The molecule has 2 N–H and O–H groups in total. The summed E-state index contributed by atoms with van der Waals surface area (Å²) >= 11 is 0. The first-order valence-corrected chi connectivity index (χ1v) is 6.17. The van der Waals surface area contributed by atoms with Gasteiger partial charge < -0.3 is 5.32 Å². The second-order valence-electron chi connectivity index (χ2n) is 5.01. The van der Waals surface area contributed by atoms with Gasteiger partial charge in [-0.3, -0.25) is 5.10 Å². The van der Waals surface area contributed by atoms with Crippen LogP contribution in [0, 0.1) is 5.92 Å². The maximum atomic E-state index is 4.43. The summed E-state index contributed by atoms with van der Waals surface area (Å²) in [4.78, 5) is 0. The number of nitrogens with zero attached hydrogens (tertiary/aromatic N) is 1. The number of aromatic nitrogens is 2. The molecule has 0 bridgehead atoms. The van der Waals surface area contributed by atoms with Crippen molar-refractivity contribution < 1.29 is 0 Å². The van der Waals surface area contributed by atoms with Gasteiger partial charge in [-0.05, 0) is 50.8 Å². The minimum absolute atomic E-state index is 0.761. The number of aromatic amines is 1. The molecule has 15 heavy (non-hydrogen) atoms. The molecule has 1 aromatic heterocycles. The summed E-state index contributed by atoms with van der Waals surface area (Å²) in [6.07, 6.45) is 6.56. The van der Waals surface area contributed by atoms with E-state index in [0.717, 1.165) is 11.8 Å². The smallest absolute Gasteiger partial charge is 0.0655 e. The monoisotopic (exact) mass is 205 g/mol. The molecule has 2 aliphatic rings. The summed E-state index contributed by atoms with van der Waals surface area (Å²) in [6, 6.07) is 2.29. The Labute approximate surface area is 90.7 Å². The average molecular weight is 205 g/mol. The van der Waals surface area contributed by atoms with Gasteiger partial charge in [0.1, 0.15) is 0 Å². The van der Waals surface area contributed by atoms with E-state index in [1.807, 2.05) is 0 Å². The lowest BCUT2D eigenvalue weighted by molar-refractivity contribution is 0.410. The zero-order valence-electron chi connectivity index (χ0n) is 9.13. The summed E-state index contributed by atoms with van der Waals surface area (Å²) in [5, 5.41) is 11.0. The van der Waals surface area contributed by atoms with E-state index < -0.39 is 0 Å². The standard InChI is InChI=1S/C12H19N3/c1-2-10(3-1)12-7-11(14-15-12)6-9-4-5-13-8-9/h7,9-10,13H,1-6,8H2,(H,14,15). The van der Waals surface area contributed by atoms with Crippen LogP contribution in [0.1, 0.15) is 43.0 Å². The highest BCUT2D eigenvalue weighted by Gasteiger charge is 2.23. The Morgan fingerprint density at radius 1 is 1.33 bits per heavy atom. The van der Waals surface area contributed by atoms with E-state index in [2.05, 4.69) is 21.6 Å². The summed E-state index contributed by atoms with van der Waals surface area (Å²) < 4.78 is 0. The number of hydrogen-bond donors (Lipinski definition) is 2. The predicted molar refractivity (Wildman–Crippen MR) is 59.9 cm³/mol. The fourth-order valence-electron chi connectivity index (χ4n) is 2.60. The van der Waals surface area contributed by atoms with E-state index >= 15 is 0 Å². The lowest BCUT2D eigenvalue weighted by atomic mass is 9.83. The Morgan fingerprint density at radius 2 is 2.27 bits per heavy atom. The van der Waals surface area contributed by atoms with Crippen molar-refractivity contribution in [1.29, 1.82) is 0 Å². The second-order valence-corrected chi connectivity index (χ2v) is 5.01. The molecule has 1 saturated carbocycles. The molecule has 3 heteroatoms. The summed E-state index contributed by atoms with van der Waals surface area (Å²) in [7, 11) is 0. The van der Waals surface area contributed by atoms with E-state index in [9.17, 15) is 0 Å². The molecule has 1 saturated heterocycles. The minimum atomic E-state index is 0.761. The molecule has 3 rings (SSSR count). The third kappa shape index (κ3) is 1.93. The zero-order chi connectivity index (χ0) is 10.1. The van der Waals surface area contributed by atoms with Gasteiger partial charge in [0.2, 0.25) is 0 Å². The molecule has 0 spiro atoms. The Morgan fingerprint density at radius 3 is 2.93 bits per heavy atom. The van der Waals surface area contributed by atoms with E-state index in [-0.39, 0.29) is 0 Å². The Bertz CT molecular complexity index is 321. The van der Waals surface area contributed by atoms with Crippen molar-refractivity contribution in [3.63, 3.8) is 0 Å². The normalized spacial score (nSPS) is 26.8. The van der Waals surface area contributed by atoms with Gasteiger partial charge in [-0.2, -0.15) is 5.10 Å². The van der Waals surface area contributed by atoms with Gasteiger partial charge in [0, 0.05) is 11.6 Å². The molecule has 1 aliphatic carbocycles. The van der Waals surface area contributed by atoms with Crippen molar-refractivity contribution in [1.82, 2.24) is 15.5 Å². The van der Waals surface area contributed by atoms with E-state index in [1.165, 1.54) is 56.6 Å². The van der Waals surface area contributed by atoms with Crippen LogP contribution in [0.5, 0.6) is 0 Å². The predicted octanol–water partition coefficient (Wildman–Crippen LogP) is 1.83. The molecule has 0 aromatic carbocycles. The largest absolute Gasteiger partial charge is 0.316 e. The van der Waals surface area contributed by atoms with Crippen molar-refractivity contribution in [2.24, 2.45) is 5.92 Å². The van der Waals surface area contributed by atoms with E-state index in [1.54, 1.807) is 0 Å². The molecule has 1 atom stereocenters. The fourth-order valence-corrected chi connectivity index (χ4v) is 2.60. The first-order valence-electron chi connectivity index (χ1n) is 6.17. The van der Waals surface area contributed by atoms with Gasteiger partial charge in [-0.15, -0.1) is 0 Å². The maximum Gasteiger partial charge on any atom is 0.0655 e. The molecular formula is C12H19N3. The highest BCUT2D eigenvalue weighted by atomic mass is 15.1. The molecule has 2 heterocycles. The Balaban J connectivity index is 1.62. The van der Waals surface area contributed by atoms with Crippen LogP contribution in [-0.4, -0.2) is 23.3 Å². The van der Waals surface area contributed by atoms with Gasteiger partial charge in [0.15, 0.2) is 0 Å². The lowest BCUT2D eigenvalue weighted by Gasteiger charge is -2.22. The van der Waals surface area contributed by atoms with Crippen LogP contribution < -0.4 is 5.32 Å². The SMILES string of the molecule is c1c(C2CCC2)n[nH]c1CC1CCNC1. The molecule has 1 aliphatic heterocycles. The fraction of sp³-hybridized carbons (Fsp3) is 0.750. The summed E-state index contributed by atoms with van der Waals surface area (Å²) in [5.74, 6) is 1.58. The molecule has 1 unspecified atom stereocenters. The van der Waals surface area contributed by atoms with Crippen LogP contribution in [0.4, 0.5) is 0 Å². The van der Waals surface area contributed by atoms with Crippen molar-refractivity contribution in [2.45, 2.75) is 38.0 Å². The molecule has 0 radical (unpaired) electrons.